The first-order chi connectivity index (χ1) is 10.1. The van der Waals surface area contributed by atoms with Crippen LogP contribution in [0.1, 0.15) is 25.0 Å². The quantitative estimate of drug-likeness (QED) is 0.508. The normalized spacial score (nSPS) is 12.3. The number of ether oxygens (including phenoxy) is 1. The molecule has 0 heterocycles. The standard InChI is InChI=1S/C16H16N2O3/c1-11(17-19)13-3-7-15(8-4-13)21-16-9-5-14(6-10-16)12(2)18-20/h3-10,19-20H,1-2H3. The number of rotatable bonds is 4. The molecule has 0 amide bonds. The molecular weight excluding hydrogens is 268 g/mol. The summed E-state index contributed by atoms with van der Waals surface area (Å²) in [6, 6.07) is 14.5. The molecular formula is C16H16N2O3. The molecule has 0 aliphatic carbocycles. The van der Waals surface area contributed by atoms with Crippen LogP contribution in [0.5, 0.6) is 11.5 Å². The van der Waals surface area contributed by atoms with Gasteiger partial charge in [-0.25, -0.2) is 0 Å². The maximum absolute atomic E-state index is 8.71. The van der Waals surface area contributed by atoms with E-state index in [1.807, 2.05) is 24.3 Å². The fraction of sp³-hybridized carbons (Fsp3) is 0.125. The summed E-state index contributed by atoms with van der Waals surface area (Å²) in [5.74, 6) is 1.37. The molecule has 0 saturated carbocycles. The summed E-state index contributed by atoms with van der Waals surface area (Å²) in [7, 11) is 0. The molecule has 0 radical (unpaired) electrons. The van der Waals surface area contributed by atoms with Gasteiger partial charge in [0.1, 0.15) is 11.5 Å². The summed E-state index contributed by atoms with van der Waals surface area (Å²) in [4.78, 5) is 0. The van der Waals surface area contributed by atoms with Gasteiger partial charge in [-0.15, -0.1) is 0 Å². The van der Waals surface area contributed by atoms with Crippen LogP contribution in [0, 0.1) is 0 Å². The molecule has 0 spiro atoms. The fourth-order valence-electron chi connectivity index (χ4n) is 1.78. The van der Waals surface area contributed by atoms with Crippen LogP contribution < -0.4 is 4.74 Å². The molecule has 21 heavy (non-hydrogen) atoms. The Balaban J connectivity index is 2.11. The van der Waals surface area contributed by atoms with Gasteiger partial charge in [0.25, 0.3) is 0 Å². The van der Waals surface area contributed by atoms with E-state index in [2.05, 4.69) is 10.3 Å². The minimum atomic E-state index is 0.546. The van der Waals surface area contributed by atoms with Crippen molar-refractivity contribution in [3.63, 3.8) is 0 Å². The smallest absolute Gasteiger partial charge is 0.127 e. The van der Waals surface area contributed by atoms with Gasteiger partial charge in [-0.05, 0) is 73.5 Å². The molecule has 0 aliphatic rings. The maximum atomic E-state index is 8.71. The Labute approximate surface area is 122 Å². The largest absolute Gasteiger partial charge is 0.457 e. The van der Waals surface area contributed by atoms with Crippen molar-refractivity contribution >= 4 is 11.4 Å². The molecule has 5 heteroatoms. The Hall–Kier alpha value is -2.82. The molecule has 0 saturated heterocycles. The van der Waals surface area contributed by atoms with Crippen LogP contribution in [0.2, 0.25) is 0 Å². The molecule has 2 rings (SSSR count). The van der Waals surface area contributed by atoms with E-state index < -0.39 is 0 Å². The summed E-state index contributed by atoms with van der Waals surface area (Å²) < 4.78 is 5.71. The van der Waals surface area contributed by atoms with Crippen molar-refractivity contribution in [1.82, 2.24) is 0 Å². The number of benzene rings is 2. The Kier molecular flexibility index (Phi) is 4.56. The van der Waals surface area contributed by atoms with Crippen LogP contribution in [-0.4, -0.2) is 21.8 Å². The molecule has 0 unspecified atom stereocenters. The summed E-state index contributed by atoms with van der Waals surface area (Å²) in [6.07, 6.45) is 0. The van der Waals surface area contributed by atoms with Gasteiger partial charge in [-0.3, -0.25) is 0 Å². The first kappa shape index (κ1) is 14.6. The molecule has 2 aromatic carbocycles. The predicted octanol–water partition coefficient (Wildman–Crippen LogP) is 3.88. The van der Waals surface area contributed by atoms with Crippen LogP contribution >= 0.6 is 0 Å². The van der Waals surface area contributed by atoms with E-state index >= 15 is 0 Å². The Bertz CT molecular complexity index is 599. The lowest BCUT2D eigenvalue weighted by molar-refractivity contribution is 0.319. The number of hydrogen-bond acceptors (Lipinski definition) is 5. The highest BCUT2D eigenvalue weighted by molar-refractivity contribution is 5.98. The summed E-state index contributed by atoms with van der Waals surface area (Å²) >= 11 is 0. The first-order valence-electron chi connectivity index (χ1n) is 6.40. The molecule has 0 aliphatic heterocycles. The second kappa shape index (κ2) is 6.56. The van der Waals surface area contributed by atoms with Crippen molar-refractivity contribution in [2.24, 2.45) is 10.3 Å². The van der Waals surface area contributed by atoms with E-state index in [9.17, 15) is 0 Å². The van der Waals surface area contributed by atoms with Crippen LogP contribution in [-0.2, 0) is 0 Å². The summed E-state index contributed by atoms with van der Waals surface area (Å²) in [5, 5.41) is 23.7. The van der Waals surface area contributed by atoms with E-state index in [0.29, 0.717) is 22.9 Å². The average molecular weight is 284 g/mol. The van der Waals surface area contributed by atoms with E-state index in [1.165, 1.54) is 0 Å². The van der Waals surface area contributed by atoms with Crippen molar-refractivity contribution in [3.05, 3.63) is 59.7 Å². The molecule has 0 aromatic heterocycles. The van der Waals surface area contributed by atoms with Gasteiger partial charge in [-0.2, -0.15) is 0 Å². The highest BCUT2D eigenvalue weighted by atomic mass is 16.5. The van der Waals surface area contributed by atoms with E-state index in [4.69, 9.17) is 15.2 Å². The minimum Gasteiger partial charge on any atom is -0.457 e. The van der Waals surface area contributed by atoms with Gasteiger partial charge >= 0.3 is 0 Å². The van der Waals surface area contributed by atoms with E-state index in [0.717, 1.165) is 11.1 Å². The zero-order chi connectivity index (χ0) is 15.2. The molecule has 2 aromatic rings. The third-order valence-electron chi connectivity index (χ3n) is 3.08. The molecule has 0 bridgehead atoms. The van der Waals surface area contributed by atoms with Crippen LogP contribution in [0.25, 0.3) is 0 Å². The monoisotopic (exact) mass is 284 g/mol. The zero-order valence-corrected chi connectivity index (χ0v) is 11.8. The Morgan fingerprint density at radius 3 is 1.33 bits per heavy atom. The molecule has 0 atom stereocenters. The third-order valence-corrected chi connectivity index (χ3v) is 3.08. The lowest BCUT2D eigenvalue weighted by atomic mass is 10.1. The third kappa shape index (κ3) is 3.60. The van der Waals surface area contributed by atoms with Crippen molar-refractivity contribution < 1.29 is 15.2 Å². The number of hydrogen-bond donors (Lipinski definition) is 2. The highest BCUT2D eigenvalue weighted by Gasteiger charge is 2.02. The van der Waals surface area contributed by atoms with Crippen molar-refractivity contribution in [3.8, 4) is 11.5 Å². The molecule has 5 nitrogen and oxygen atoms in total. The molecule has 0 fully saturated rings. The Morgan fingerprint density at radius 2 is 1.05 bits per heavy atom. The van der Waals surface area contributed by atoms with Crippen LogP contribution in [0.3, 0.4) is 0 Å². The Morgan fingerprint density at radius 1 is 0.714 bits per heavy atom. The lowest BCUT2D eigenvalue weighted by Crippen LogP contribution is -1.95. The van der Waals surface area contributed by atoms with E-state index in [1.54, 1.807) is 38.1 Å². The SMILES string of the molecule is CC(=NO)c1ccc(Oc2ccc(C(C)=NO)cc2)cc1. The van der Waals surface area contributed by atoms with Crippen LogP contribution in [0.15, 0.2) is 58.8 Å². The molecule has 2 N–H and O–H groups in total. The first-order valence-corrected chi connectivity index (χ1v) is 6.40. The summed E-state index contributed by atoms with van der Waals surface area (Å²) in [5.41, 5.74) is 2.75. The van der Waals surface area contributed by atoms with Gasteiger partial charge in [0.2, 0.25) is 0 Å². The van der Waals surface area contributed by atoms with Gasteiger partial charge < -0.3 is 15.2 Å². The fourth-order valence-corrected chi connectivity index (χ4v) is 1.78. The topological polar surface area (TPSA) is 74.4 Å². The lowest BCUT2D eigenvalue weighted by Gasteiger charge is -2.07. The van der Waals surface area contributed by atoms with Crippen molar-refractivity contribution in [1.29, 1.82) is 0 Å². The second-order valence-corrected chi connectivity index (χ2v) is 4.52. The highest BCUT2D eigenvalue weighted by Crippen LogP contribution is 2.22. The predicted molar refractivity (Wildman–Crippen MR) is 81.0 cm³/mol. The van der Waals surface area contributed by atoms with Gasteiger partial charge in [0, 0.05) is 0 Å². The maximum Gasteiger partial charge on any atom is 0.127 e. The van der Waals surface area contributed by atoms with Crippen molar-refractivity contribution in [2.45, 2.75) is 13.8 Å². The second-order valence-electron chi connectivity index (χ2n) is 4.52. The van der Waals surface area contributed by atoms with Gasteiger partial charge in [-0.1, -0.05) is 10.3 Å². The summed E-state index contributed by atoms with van der Waals surface area (Å²) in [6.45, 7) is 3.44. The van der Waals surface area contributed by atoms with Gasteiger partial charge in [0.15, 0.2) is 0 Å². The zero-order valence-electron chi connectivity index (χ0n) is 11.8. The van der Waals surface area contributed by atoms with Gasteiger partial charge in [0.05, 0.1) is 11.4 Å². The number of oxime groups is 2. The van der Waals surface area contributed by atoms with Crippen LogP contribution in [0.4, 0.5) is 0 Å². The van der Waals surface area contributed by atoms with E-state index in [-0.39, 0.29) is 0 Å². The minimum absolute atomic E-state index is 0.546. The average Bonchev–Trinajstić information content (AvgIpc) is 2.55. The number of nitrogens with zero attached hydrogens (tertiary/aromatic N) is 2. The molecule has 108 valence electrons. The van der Waals surface area contributed by atoms with Crippen molar-refractivity contribution in [2.75, 3.05) is 0 Å².